The fraction of sp³-hybridized carbons (Fsp3) is 0.600. The van der Waals surface area contributed by atoms with Crippen LogP contribution < -0.4 is 15.4 Å². The fourth-order valence-corrected chi connectivity index (χ4v) is 2.92. The molecule has 0 spiro atoms. The second kappa shape index (κ2) is 5.80. The van der Waals surface area contributed by atoms with E-state index in [4.69, 9.17) is 10.5 Å². The van der Waals surface area contributed by atoms with Gasteiger partial charge in [0.1, 0.15) is 5.75 Å². The molecule has 1 aromatic carbocycles. The Labute approximate surface area is 116 Å². The van der Waals surface area contributed by atoms with Gasteiger partial charge in [-0.05, 0) is 39.1 Å². The third-order valence-corrected chi connectivity index (χ3v) is 4.31. The van der Waals surface area contributed by atoms with E-state index in [0.717, 1.165) is 31.7 Å². The minimum absolute atomic E-state index is 0.0686. The van der Waals surface area contributed by atoms with Crippen molar-refractivity contribution in [3.63, 3.8) is 0 Å². The quantitative estimate of drug-likeness (QED) is 0.895. The molecule has 1 heterocycles. The van der Waals surface area contributed by atoms with Gasteiger partial charge in [0.25, 0.3) is 0 Å². The van der Waals surface area contributed by atoms with Crippen LogP contribution in [0.25, 0.3) is 0 Å². The number of nitrogens with zero attached hydrogens (tertiary/aromatic N) is 2. The first-order valence-electron chi connectivity index (χ1n) is 6.88. The van der Waals surface area contributed by atoms with E-state index in [9.17, 15) is 0 Å². The minimum Gasteiger partial charge on any atom is -0.495 e. The lowest BCUT2D eigenvalue weighted by atomic mass is 9.87. The molecule has 0 aromatic heterocycles. The minimum atomic E-state index is 0.0686. The van der Waals surface area contributed by atoms with Crippen LogP contribution in [0.3, 0.4) is 0 Å². The predicted molar refractivity (Wildman–Crippen MR) is 79.9 cm³/mol. The van der Waals surface area contributed by atoms with Crippen molar-refractivity contribution in [3.8, 4) is 5.75 Å². The maximum Gasteiger partial charge on any atom is 0.142 e. The molecule has 1 unspecified atom stereocenters. The number of ether oxygens (including phenoxy) is 1. The van der Waals surface area contributed by atoms with Gasteiger partial charge in [0.05, 0.1) is 18.3 Å². The van der Waals surface area contributed by atoms with E-state index in [1.807, 2.05) is 12.1 Å². The molecule has 1 fully saturated rings. The smallest absolute Gasteiger partial charge is 0.142 e. The molecule has 19 heavy (non-hydrogen) atoms. The molecular formula is C15H25N3O. The summed E-state index contributed by atoms with van der Waals surface area (Å²) in [5.74, 6) is 0.939. The lowest BCUT2D eigenvalue weighted by molar-refractivity contribution is 0.135. The van der Waals surface area contributed by atoms with Gasteiger partial charge in [-0.1, -0.05) is 12.1 Å². The standard InChI is InChI=1S/C15H25N3O/c1-17(2)15(11-16)9-6-10-18(12-15)13-7-4-5-8-14(13)19-3/h4-5,7-8H,6,9-12,16H2,1-3H3. The van der Waals surface area contributed by atoms with E-state index < -0.39 is 0 Å². The SMILES string of the molecule is COc1ccccc1N1CCCC(CN)(N(C)C)C1. The molecule has 1 aromatic rings. The van der Waals surface area contributed by atoms with Crippen molar-refractivity contribution in [1.82, 2.24) is 4.90 Å². The van der Waals surface area contributed by atoms with Crippen LogP contribution in [-0.2, 0) is 0 Å². The van der Waals surface area contributed by atoms with Crippen LogP contribution in [0.15, 0.2) is 24.3 Å². The van der Waals surface area contributed by atoms with Crippen LogP contribution in [0.2, 0.25) is 0 Å². The summed E-state index contributed by atoms with van der Waals surface area (Å²) < 4.78 is 5.47. The van der Waals surface area contributed by atoms with E-state index in [0.29, 0.717) is 6.54 Å². The molecule has 4 heteroatoms. The van der Waals surface area contributed by atoms with Crippen LogP contribution in [-0.4, -0.2) is 51.3 Å². The molecule has 106 valence electrons. The number of nitrogens with two attached hydrogens (primary N) is 1. The molecule has 1 atom stereocenters. The molecule has 1 saturated heterocycles. The highest BCUT2D eigenvalue weighted by atomic mass is 16.5. The molecule has 0 bridgehead atoms. The monoisotopic (exact) mass is 263 g/mol. The number of hydrogen-bond acceptors (Lipinski definition) is 4. The summed E-state index contributed by atoms with van der Waals surface area (Å²) in [5, 5.41) is 0. The Morgan fingerprint density at radius 1 is 1.37 bits per heavy atom. The van der Waals surface area contributed by atoms with Crippen LogP contribution in [0.4, 0.5) is 5.69 Å². The first-order valence-corrected chi connectivity index (χ1v) is 6.88. The summed E-state index contributed by atoms with van der Waals surface area (Å²) in [6.45, 7) is 2.71. The van der Waals surface area contributed by atoms with E-state index >= 15 is 0 Å². The summed E-state index contributed by atoms with van der Waals surface area (Å²) in [7, 11) is 5.97. The fourth-order valence-electron chi connectivity index (χ4n) is 2.92. The van der Waals surface area contributed by atoms with Crippen LogP contribution >= 0.6 is 0 Å². The van der Waals surface area contributed by atoms with Crippen molar-refractivity contribution < 1.29 is 4.74 Å². The highest BCUT2D eigenvalue weighted by molar-refractivity contribution is 5.59. The second-order valence-corrected chi connectivity index (χ2v) is 5.52. The zero-order valence-electron chi connectivity index (χ0n) is 12.2. The summed E-state index contributed by atoms with van der Waals surface area (Å²) in [6, 6.07) is 8.21. The lowest BCUT2D eigenvalue weighted by Gasteiger charge is -2.47. The van der Waals surface area contributed by atoms with Gasteiger partial charge in [0.2, 0.25) is 0 Å². The molecule has 0 aliphatic carbocycles. The molecular weight excluding hydrogens is 238 g/mol. The molecule has 0 saturated carbocycles. The van der Waals surface area contributed by atoms with E-state index in [1.54, 1.807) is 7.11 Å². The number of anilines is 1. The average molecular weight is 263 g/mol. The van der Waals surface area contributed by atoms with Crippen molar-refractivity contribution in [3.05, 3.63) is 24.3 Å². The molecule has 2 N–H and O–H groups in total. The Kier molecular flexibility index (Phi) is 4.32. The van der Waals surface area contributed by atoms with Crippen molar-refractivity contribution in [1.29, 1.82) is 0 Å². The van der Waals surface area contributed by atoms with Gasteiger partial charge < -0.3 is 20.3 Å². The molecule has 2 rings (SSSR count). The van der Waals surface area contributed by atoms with Crippen LogP contribution in [0.5, 0.6) is 5.75 Å². The third kappa shape index (κ3) is 2.69. The third-order valence-electron chi connectivity index (χ3n) is 4.31. The molecule has 1 aliphatic heterocycles. The maximum atomic E-state index is 6.05. The summed E-state index contributed by atoms with van der Waals surface area (Å²) in [6.07, 6.45) is 2.32. The van der Waals surface area contributed by atoms with Gasteiger partial charge in [-0.15, -0.1) is 0 Å². The zero-order valence-corrected chi connectivity index (χ0v) is 12.2. The number of piperidine rings is 1. The van der Waals surface area contributed by atoms with Gasteiger partial charge in [-0.25, -0.2) is 0 Å². The maximum absolute atomic E-state index is 6.05. The first kappa shape index (κ1) is 14.2. The molecule has 0 radical (unpaired) electrons. The number of para-hydroxylation sites is 2. The second-order valence-electron chi connectivity index (χ2n) is 5.52. The Hall–Kier alpha value is -1.26. The van der Waals surface area contributed by atoms with Crippen LogP contribution in [0.1, 0.15) is 12.8 Å². The van der Waals surface area contributed by atoms with Crippen molar-refractivity contribution in [2.75, 3.05) is 45.7 Å². The van der Waals surface area contributed by atoms with Crippen LogP contribution in [0, 0.1) is 0 Å². The van der Waals surface area contributed by atoms with Gasteiger partial charge in [-0.3, -0.25) is 0 Å². The Bertz CT molecular complexity index is 422. The number of hydrogen-bond donors (Lipinski definition) is 1. The van der Waals surface area contributed by atoms with Crippen molar-refractivity contribution in [2.24, 2.45) is 5.73 Å². The average Bonchev–Trinajstić information content (AvgIpc) is 2.47. The Morgan fingerprint density at radius 3 is 2.74 bits per heavy atom. The van der Waals surface area contributed by atoms with E-state index in [1.165, 1.54) is 5.69 Å². The topological polar surface area (TPSA) is 41.7 Å². The summed E-state index contributed by atoms with van der Waals surface area (Å²) in [4.78, 5) is 4.67. The Morgan fingerprint density at radius 2 is 2.11 bits per heavy atom. The van der Waals surface area contributed by atoms with Gasteiger partial charge in [0.15, 0.2) is 0 Å². The van der Waals surface area contributed by atoms with Gasteiger partial charge in [-0.2, -0.15) is 0 Å². The van der Waals surface area contributed by atoms with Crippen molar-refractivity contribution >= 4 is 5.69 Å². The van der Waals surface area contributed by atoms with E-state index in [2.05, 4.69) is 36.0 Å². The largest absolute Gasteiger partial charge is 0.495 e. The number of likely N-dealkylation sites (N-methyl/N-ethyl adjacent to an activating group) is 1. The highest BCUT2D eigenvalue weighted by Gasteiger charge is 2.36. The zero-order chi connectivity index (χ0) is 13.9. The summed E-state index contributed by atoms with van der Waals surface area (Å²) in [5.41, 5.74) is 7.29. The number of methoxy groups -OCH3 is 1. The predicted octanol–water partition coefficient (Wildman–Crippen LogP) is 1.55. The lowest BCUT2D eigenvalue weighted by Crippen LogP contribution is -2.60. The first-order chi connectivity index (χ1) is 9.13. The summed E-state index contributed by atoms with van der Waals surface area (Å²) >= 11 is 0. The van der Waals surface area contributed by atoms with E-state index in [-0.39, 0.29) is 5.54 Å². The molecule has 4 nitrogen and oxygen atoms in total. The highest BCUT2D eigenvalue weighted by Crippen LogP contribution is 2.33. The number of benzene rings is 1. The normalized spacial score (nSPS) is 23.7. The number of rotatable bonds is 4. The van der Waals surface area contributed by atoms with Crippen molar-refractivity contribution in [2.45, 2.75) is 18.4 Å². The van der Waals surface area contributed by atoms with Gasteiger partial charge >= 0.3 is 0 Å². The Balaban J connectivity index is 2.26. The molecule has 0 amide bonds. The van der Waals surface area contributed by atoms with Gasteiger partial charge in [0, 0.05) is 19.6 Å². The molecule has 1 aliphatic rings.